The van der Waals surface area contributed by atoms with E-state index < -0.39 is 11.3 Å². The first-order chi connectivity index (χ1) is 6.50. The van der Waals surface area contributed by atoms with Gasteiger partial charge in [0.2, 0.25) is 0 Å². The first-order valence-corrected chi connectivity index (χ1v) is 5.25. The van der Waals surface area contributed by atoms with Gasteiger partial charge in [0.15, 0.2) is 0 Å². The van der Waals surface area contributed by atoms with Crippen molar-refractivity contribution in [3.05, 3.63) is 34.4 Å². The average molecular weight is 210 g/mol. The summed E-state index contributed by atoms with van der Waals surface area (Å²) in [5.74, 6) is 0. The summed E-state index contributed by atoms with van der Waals surface area (Å²) < 4.78 is 23.9. The molecule has 76 valence electrons. The molecule has 0 heterocycles. The van der Waals surface area contributed by atoms with E-state index in [1.165, 1.54) is 11.8 Å². The van der Waals surface area contributed by atoms with Crippen LogP contribution in [0.4, 0.5) is 0 Å². The maximum Gasteiger partial charge on any atom is 0.0676 e. The molecular weight excluding hydrogens is 198 g/mol. The average Bonchev–Trinajstić information content (AvgIpc) is 2.01. The maximum atomic E-state index is 10.3. The fourth-order valence-corrected chi connectivity index (χ4v) is 1.68. The second-order valence-corrected chi connectivity index (χ2v) is 3.91. The quantitative estimate of drug-likeness (QED) is 0.552. The van der Waals surface area contributed by atoms with E-state index in [-0.39, 0.29) is 0 Å². The molecule has 3 nitrogen and oxygen atoms in total. The third-order valence-corrected chi connectivity index (χ3v) is 2.28. The summed E-state index contributed by atoms with van der Waals surface area (Å²) in [5, 5.41) is 0. The Labute approximate surface area is 86.3 Å². The van der Waals surface area contributed by atoms with Crippen LogP contribution in [-0.2, 0) is 11.3 Å². The van der Waals surface area contributed by atoms with Gasteiger partial charge in [-0.2, -0.15) is 0 Å². The van der Waals surface area contributed by atoms with Crippen molar-refractivity contribution in [2.75, 3.05) is 0 Å². The SMILES string of the molecule is Cc1cc(C)c(C=NS(=O)[O-])c(C)c1. The van der Waals surface area contributed by atoms with Gasteiger partial charge in [0.1, 0.15) is 0 Å². The largest absolute Gasteiger partial charge is 0.754 e. The van der Waals surface area contributed by atoms with Gasteiger partial charge in [-0.15, -0.1) is 0 Å². The van der Waals surface area contributed by atoms with Crippen molar-refractivity contribution in [1.29, 1.82) is 0 Å². The molecule has 4 heteroatoms. The van der Waals surface area contributed by atoms with Crippen LogP contribution in [0.1, 0.15) is 22.3 Å². The van der Waals surface area contributed by atoms with Gasteiger partial charge in [-0.1, -0.05) is 17.7 Å². The minimum Gasteiger partial charge on any atom is -0.754 e. The van der Waals surface area contributed by atoms with Crippen molar-refractivity contribution in [2.24, 2.45) is 4.40 Å². The molecule has 0 aliphatic carbocycles. The highest BCUT2D eigenvalue weighted by Gasteiger charge is 2.00. The standard InChI is InChI=1S/C10H13NO2S/c1-7-4-8(2)10(9(3)5-7)6-11-14(12)13/h4-6H,1-3H3,(H,12,13)/p-1. The van der Waals surface area contributed by atoms with Gasteiger partial charge in [-0.25, -0.2) is 4.40 Å². The van der Waals surface area contributed by atoms with E-state index in [2.05, 4.69) is 4.40 Å². The molecule has 0 radical (unpaired) electrons. The van der Waals surface area contributed by atoms with Crippen LogP contribution >= 0.6 is 0 Å². The zero-order chi connectivity index (χ0) is 10.7. The minimum atomic E-state index is -2.37. The molecule has 0 amide bonds. The van der Waals surface area contributed by atoms with Gasteiger partial charge < -0.3 is 4.55 Å². The Kier molecular flexibility index (Phi) is 3.55. The Bertz CT molecular complexity index is 376. The molecule has 1 aromatic carbocycles. The van der Waals surface area contributed by atoms with Crippen molar-refractivity contribution in [2.45, 2.75) is 20.8 Å². The molecule has 1 atom stereocenters. The monoisotopic (exact) mass is 210 g/mol. The highest BCUT2D eigenvalue weighted by Crippen LogP contribution is 2.14. The van der Waals surface area contributed by atoms with E-state index in [4.69, 9.17) is 0 Å². The van der Waals surface area contributed by atoms with Gasteiger partial charge in [-0.05, 0) is 37.5 Å². The highest BCUT2D eigenvalue weighted by molar-refractivity contribution is 7.77. The number of benzene rings is 1. The molecule has 0 aromatic heterocycles. The number of aryl methyl sites for hydroxylation is 3. The Morgan fingerprint density at radius 3 is 2.21 bits per heavy atom. The lowest BCUT2D eigenvalue weighted by Gasteiger charge is -2.06. The first kappa shape index (κ1) is 11.1. The lowest BCUT2D eigenvalue weighted by molar-refractivity contribution is 0.539. The van der Waals surface area contributed by atoms with Crippen molar-refractivity contribution in [1.82, 2.24) is 0 Å². The van der Waals surface area contributed by atoms with Crippen LogP contribution < -0.4 is 0 Å². The summed E-state index contributed by atoms with van der Waals surface area (Å²) in [6, 6.07) is 4.00. The molecule has 0 spiro atoms. The zero-order valence-electron chi connectivity index (χ0n) is 8.40. The van der Waals surface area contributed by atoms with Crippen molar-refractivity contribution in [3.63, 3.8) is 0 Å². The lowest BCUT2D eigenvalue weighted by atomic mass is 10.0. The summed E-state index contributed by atoms with van der Waals surface area (Å²) in [6.45, 7) is 5.89. The van der Waals surface area contributed by atoms with E-state index >= 15 is 0 Å². The van der Waals surface area contributed by atoms with Crippen molar-refractivity contribution in [3.8, 4) is 0 Å². The molecule has 0 saturated carbocycles. The number of hydrogen-bond donors (Lipinski definition) is 0. The van der Waals surface area contributed by atoms with E-state index in [9.17, 15) is 8.76 Å². The first-order valence-electron chi connectivity index (χ1n) is 4.22. The predicted octanol–water partition coefficient (Wildman–Crippen LogP) is 1.82. The van der Waals surface area contributed by atoms with Crippen LogP contribution in [0.3, 0.4) is 0 Å². The molecule has 1 aromatic rings. The Morgan fingerprint density at radius 1 is 1.29 bits per heavy atom. The summed E-state index contributed by atoms with van der Waals surface area (Å²) in [7, 11) is 0. The third kappa shape index (κ3) is 2.75. The smallest absolute Gasteiger partial charge is 0.0676 e. The van der Waals surface area contributed by atoms with Crippen LogP contribution in [0, 0.1) is 20.8 Å². The normalized spacial score (nSPS) is 13.4. The Hall–Kier alpha value is -1.00. The van der Waals surface area contributed by atoms with Crippen molar-refractivity contribution < 1.29 is 8.76 Å². The van der Waals surface area contributed by atoms with E-state index in [0.717, 1.165) is 16.7 Å². The molecule has 1 unspecified atom stereocenters. The van der Waals surface area contributed by atoms with E-state index in [0.29, 0.717) is 0 Å². The van der Waals surface area contributed by atoms with Crippen LogP contribution in [0.15, 0.2) is 16.5 Å². The number of hydrogen-bond acceptors (Lipinski definition) is 2. The minimum absolute atomic E-state index is 0.875. The predicted molar refractivity (Wildman–Crippen MR) is 57.2 cm³/mol. The zero-order valence-corrected chi connectivity index (χ0v) is 9.22. The summed E-state index contributed by atoms with van der Waals surface area (Å²) in [5.41, 5.74) is 4.12. The van der Waals surface area contributed by atoms with Crippen LogP contribution in [0.25, 0.3) is 0 Å². The van der Waals surface area contributed by atoms with Crippen LogP contribution in [-0.4, -0.2) is 15.0 Å². The maximum absolute atomic E-state index is 10.3. The van der Waals surface area contributed by atoms with Crippen LogP contribution in [0.2, 0.25) is 0 Å². The number of rotatable bonds is 2. The third-order valence-electron chi connectivity index (χ3n) is 2.01. The summed E-state index contributed by atoms with van der Waals surface area (Å²) in [6.07, 6.45) is 1.38. The van der Waals surface area contributed by atoms with E-state index in [1.54, 1.807) is 0 Å². The molecule has 0 bridgehead atoms. The number of nitrogens with zero attached hydrogens (tertiary/aromatic N) is 1. The van der Waals surface area contributed by atoms with E-state index in [1.807, 2.05) is 32.9 Å². The second kappa shape index (κ2) is 4.48. The Balaban J connectivity index is 3.15. The fourth-order valence-electron chi connectivity index (χ4n) is 1.49. The van der Waals surface area contributed by atoms with Gasteiger partial charge in [0.05, 0.1) is 11.3 Å². The van der Waals surface area contributed by atoms with Gasteiger partial charge in [0, 0.05) is 6.21 Å². The van der Waals surface area contributed by atoms with Gasteiger partial charge in [-0.3, -0.25) is 4.21 Å². The molecular formula is C10H12NO2S-. The molecule has 0 aliphatic heterocycles. The van der Waals surface area contributed by atoms with Gasteiger partial charge >= 0.3 is 0 Å². The summed E-state index contributed by atoms with van der Waals surface area (Å²) in [4.78, 5) is 0. The topological polar surface area (TPSA) is 52.5 Å². The summed E-state index contributed by atoms with van der Waals surface area (Å²) >= 11 is -2.37. The molecule has 1 rings (SSSR count). The molecule has 0 aliphatic rings. The fraction of sp³-hybridized carbons (Fsp3) is 0.300. The lowest BCUT2D eigenvalue weighted by Crippen LogP contribution is -1.94. The van der Waals surface area contributed by atoms with Crippen LogP contribution in [0.5, 0.6) is 0 Å². The molecule has 0 fully saturated rings. The highest BCUT2D eigenvalue weighted by atomic mass is 32.2. The second-order valence-electron chi connectivity index (χ2n) is 3.26. The Morgan fingerprint density at radius 2 is 1.79 bits per heavy atom. The van der Waals surface area contributed by atoms with Crippen molar-refractivity contribution >= 4 is 17.5 Å². The van der Waals surface area contributed by atoms with Gasteiger partial charge in [0.25, 0.3) is 0 Å². The molecule has 0 N–H and O–H groups in total. The molecule has 14 heavy (non-hydrogen) atoms. The molecule has 0 saturated heterocycles.